The van der Waals surface area contributed by atoms with E-state index in [0.29, 0.717) is 0 Å². The van der Waals surface area contributed by atoms with E-state index in [2.05, 4.69) is 9.68 Å². The van der Waals surface area contributed by atoms with Gasteiger partial charge in [-0.3, -0.25) is 0 Å². The second kappa shape index (κ2) is 1.68. The van der Waals surface area contributed by atoms with Crippen LogP contribution in [0.25, 0.3) is 0 Å². The second-order valence-electron chi connectivity index (χ2n) is 2.66. The summed E-state index contributed by atoms with van der Waals surface area (Å²) in [5.74, 6) is 0. The van der Waals surface area contributed by atoms with E-state index in [-0.39, 0.29) is 5.41 Å². The summed E-state index contributed by atoms with van der Waals surface area (Å²) in [6, 6.07) is 1.75. The molecule has 2 rings (SSSR count). The first-order chi connectivity index (χ1) is 4.87. The molecule has 3 nitrogen and oxygen atoms in total. The van der Waals surface area contributed by atoms with Crippen LogP contribution in [0.2, 0.25) is 0 Å². The highest BCUT2D eigenvalue weighted by atomic mass is 16.5. The van der Waals surface area contributed by atoms with Gasteiger partial charge in [-0.05, 0) is 12.8 Å². The van der Waals surface area contributed by atoms with Crippen molar-refractivity contribution < 1.29 is 9.32 Å². The minimum absolute atomic E-state index is 0.271. The topological polar surface area (TPSA) is 43.1 Å². The molecule has 0 atom stereocenters. The molecule has 1 fully saturated rings. The van der Waals surface area contributed by atoms with Gasteiger partial charge >= 0.3 is 0 Å². The Morgan fingerprint density at radius 2 is 2.50 bits per heavy atom. The van der Waals surface area contributed by atoms with Crippen molar-refractivity contribution in [3.63, 3.8) is 0 Å². The predicted octanol–water partition coefficient (Wildman–Crippen LogP) is 0.905. The minimum atomic E-state index is -0.271. The molecule has 3 heteroatoms. The fourth-order valence-corrected chi connectivity index (χ4v) is 1.04. The molecule has 0 saturated heterocycles. The Hall–Kier alpha value is -1.12. The summed E-state index contributed by atoms with van der Waals surface area (Å²) in [5, 5.41) is 3.72. The first-order valence-electron chi connectivity index (χ1n) is 3.25. The third kappa shape index (κ3) is 0.602. The molecule has 1 aliphatic rings. The van der Waals surface area contributed by atoms with Crippen LogP contribution in [0.4, 0.5) is 0 Å². The van der Waals surface area contributed by atoms with Gasteiger partial charge in [-0.2, -0.15) is 0 Å². The van der Waals surface area contributed by atoms with Crippen molar-refractivity contribution in [1.82, 2.24) is 5.16 Å². The van der Waals surface area contributed by atoms with Crippen LogP contribution in [0, 0.1) is 0 Å². The number of carbonyl (C=O) groups is 1. The average Bonchev–Trinajstić information content (AvgIpc) is 2.58. The molecule has 1 heterocycles. The predicted molar refractivity (Wildman–Crippen MR) is 33.5 cm³/mol. The molecule has 0 aliphatic heterocycles. The number of carbonyl (C=O) groups excluding carboxylic acids is 1. The van der Waals surface area contributed by atoms with Crippen LogP contribution in [0.15, 0.2) is 16.9 Å². The van der Waals surface area contributed by atoms with Crippen molar-refractivity contribution in [1.29, 1.82) is 0 Å². The summed E-state index contributed by atoms with van der Waals surface area (Å²) in [6.07, 6.45) is 4.30. The van der Waals surface area contributed by atoms with E-state index in [1.54, 1.807) is 6.07 Å². The van der Waals surface area contributed by atoms with E-state index < -0.39 is 0 Å². The van der Waals surface area contributed by atoms with Gasteiger partial charge in [-0.15, -0.1) is 0 Å². The molecule has 1 aromatic heterocycles. The maximum absolute atomic E-state index is 10.5. The number of aromatic nitrogens is 1. The lowest BCUT2D eigenvalue weighted by atomic mass is 10.1. The van der Waals surface area contributed by atoms with E-state index in [9.17, 15) is 4.79 Å². The molecule has 10 heavy (non-hydrogen) atoms. The van der Waals surface area contributed by atoms with Crippen LogP contribution < -0.4 is 0 Å². The lowest BCUT2D eigenvalue weighted by Crippen LogP contribution is -2.07. The van der Waals surface area contributed by atoms with Gasteiger partial charge in [0.05, 0.1) is 11.1 Å². The largest absolute Gasteiger partial charge is 0.364 e. The van der Waals surface area contributed by atoms with Crippen molar-refractivity contribution in [2.75, 3.05) is 0 Å². The van der Waals surface area contributed by atoms with Gasteiger partial charge in [0.2, 0.25) is 0 Å². The highest BCUT2D eigenvalue weighted by Crippen LogP contribution is 2.45. The van der Waals surface area contributed by atoms with Crippen LogP contribution in [0.3, 0.4) is 0 Å². The quantitative estimate of drug-likeness (QED) is 0.569. The molecule has 52 valence electrons. The van der Waals surface area contributed by atoms with Crippen LogP contribution >= 0.6 is 0 Å². The molecular formula is C7H7NO2. The van der Waals surface area contributed by atoms with Gasteiger partial charge < -0.3 is 9.32 Å². The smallest absolute Gasteiger partial charge is 0.132 e. The highest BCUT2D eigenvalue weighted by molar-refractivity contribution is 5.71. The molecule has 0 bridgehead atoms. The van der Waals surface area contributed by atoms with Gasteiger partial charge in [-0.25, -0.2) is 0 Å². The number of rotatable bonds is 2. The van der Waals surface area contributed by atoms with E-state index in [1.165, 1.54) is 6.26 Å². The zero-order valence-electron chi connectivity index (χ0n) is 5.41. The Balaban J connectivity index is 2.35. The van der Waals surface area contributed by atoms with E-state index in [0.717, 1.165) is 24.8 Å². The van der Waals surface area contributed by atoms with Crippen molar-refractivity contribution in [2.24, 2.45) is 0 Å². The molecule has 0 radical (unpaired) electrons. The molecule has 1 aliphatic carbocycles. The molecule has 1 saturated carbocycles. The molecule has 0 N–H and O–H groups in total. The number of nitrogens with zero attached hydrogens (tertiary/aromatic N) is 1. The number of aldehydes is 1. The average molecular weight is 137 g/mol. The summed E-state index contributed by atoms with van der Waals surface area (Å²) < 4.78 is 4.63. The van der Waals surface area contributed by atoms with Gasteiger partial charge in [0.1, 0.15) is 12.5 Å². The van der Waals surface area contributed by atoms with Gasteiger partial charge in [0.15, 0.2) is 0 Å². The maximum atomic E-state index is 10.5. The van der Waals surface area contributed by atoms with Gasteiger partial charge in [-0.1, -0.05) is 5.16 Å². The Kier molecular flexibility index (Phi) is 0.952. The number of hydrogen-bond acceptors (Lipinski definition) is 3. The highest BCUT2D eigenvalue weighted by Gasteiger charge is 2.46. The normalized spacial score (nSPS) is 20.4. The lowest BCUT2D eigenvalue weighted by Gasteiger charge is -1.96. The lowest BCUT2D eigenvalue weighted by molar-refractivity contribution is -0.110. The maximum Gasteiger partial charge on any atom is 0.132 e. The van der Waals surface area contributed by atoms with Crippen LogP contribution in [-0.2, 0) is 10.2 Å². The van der Waals surface area contributed by atoms with E-state index >= 15 is 0 Å². The zero-order chi connectivity index (χ0) is 7.03. The first-order valence-corrected chi connectivity index (χ1v) is 3.25. The van der Waals surface area contributed by atoms with E-state index in [1.807, 2.05) is 0 Å². The van der Waals surface area contributed by atoms with Gasteiger partial charge in [0.25, 0.3) is 0 Å². The van der Waals surface area contributed by atoms with Crippen molar-refractivity contribution in [3.8, 4) is 0 Å². The summed E-state index contributed by atoms with van der Waals surface area (Å²) in [6.45, 7) is 0. The molecule has 1 aromatic rings. The Labute approximate surface area is 58.0 Å². The fraction of sp³-hybridized carbons (Fsp3) is 0.429. The van der Waals surface area contributed by atoms with Crippen LogP contribution in [0.1, 0.15) is 18.5 Å². The monoisotopic (exact) mass is 137 g/mol. The Morgan fingerprint density at radius 1 is 1.70 bits per heavy atom. The molecule has 0 unspecified atom stereocenters. The fourth-order valence-electron chi connectivity index (χ4n) is 1.04. The molecular weight excluding hydrogens is 130 g/mol. The molecule has 0 spiro atoms. The van der Waals surface area contributed by atoms with Crippen molar-refractivity contribution in [2.45, 2.75) is 18.3 Å². The first kappa shape index (κ1) is 5.65. The Bertz CT molecular complexity index is 236. The SMILES string of the molecule is O=CC1(c2ccon2)CC1. The second-order valence-corrected chi connectivity index (χ2v) is 2.66. The summed E-state index contributed by atoms with van der Waals surface area (Å²) >= 11 is 0. The summed E-state index contributed by atoms with van der Waals surface area (Å²) in [7, 11) is 0. The third-order valence-corrected chi connectivity index (χ3v) is 1.96. The number of hydrogen-bond donors (Lipinski definition) is 0. The minimum Gasteiger partial charge on any atom is -0.364 e. The van der Waals surface area contributed by atoms with Crippen LogP contribution in [0.5, 0.6) is 0 Å². The van der Waals surface area contributed by atoms with Crippen molar-refractivity contribution >= 4 is 6.29 Å². The van der Waals surface area contributed by atoms with Gasteiger partial charge in [0, 0.05) is 6.07 Å². The van der Waals surface area contributed by atoms with Crippen molar-refractivity contribution in [3.05, 3.63) is 18.0 Å². The summed E-state index contributed by atoms with van der Waals surface area (Å²) in [4.78, 5) is 10.5. The standard InChI is InChI=1S/C7H7NO2/c9-5-7(2-3-7)6-1-4-10-8-6/h1,4-5H,2-3H2. The third-order valence-electron chi connectivity index (χ3n) is 1.96. The Morgan fingerprint density at radius 3 is 2.90 bits per heavy atom. The summed E-state index contributed by atoms with van der Waals surface area (Å²) in [5.41, 5.74) is 0.509. The zero-order valence-corrected chi connectivity index (χ0v) is 5.41. The molecule has 0 amide bonds. The molecule has 0 aromatic carbocycles. The van der Waals surface area contributed by atoms with E-state index in [4.69, 9.17) is 0 Å². The van der Waals surface area contributed by atoms with Crippen LogP contribution in [-0.4, -0.2) is 11.4 Å².